The first kappa shape index (κ1) is 8.57. The van der Waals surface area contributed by atoms with Crippen LogP contribution in [0.4, 0.5) is 0 Å². The van der Waals surface area contributed by atoms with Crippen molar-refractivity contribution in [2.45, 2.75) is 19.9 Å². The maximum atomic E-state index is 6.09. The molecule has 2 aromatic heterocycles. The fourth-order valence-electron chi connectivity index (χ4n) is 1.48. The summed E-state index contributed by atoms with van der Waals surface area (Å²) in [5, 5.41) is 0.767. The van der Waals surface area contributed by atoms with Crippen molar-refractivity contribution in [1.82, 2.24) is 9.55 Å². The Morgan fingerprint density at radius 3 is 2.85 bits per heavy atom. The molecule has 0 aromatic carbocycles. The minimum Gasteiger partial charge on any atom is -0.342 e. The summed E-state index contributed by atoms with van der Waals surface area (Å²) in [4.78, 5) is 4.24. The van der Waals surface area contributed by atoms with E-state index < -0.39 is 0 Å². The third kappa shape index (κ3) is 1.31. The summed E-state index contributed by atoms with van der Waals surface area (Å²) in [6, 6.07) is 4.23. The fourth-order valence-corrected chi connectivity index (χ4v) is 1.73. The Morgan fingerprint density at radius 2 is 2.15 bits per heavy atom. The molecule has 2 aromatic rings. The van der Waals surface area contributed by atoms with Crippen LogP contribution >= 0.6 is 11.6 Å². The molecule has 0 N–H and O–H groups in total. The van der Waals surface area contributed by atoms with Gasteiger partial charge >= 0.3 is 0 Å². The van der Waals surface area contributed by atoms with E-state index in [1.807, 2.05) is 18.3 Å². The first-order valence-electron chi connectivity index (χ1n) is 4.31. The Hall–Kier alpha value is -1.02. The molecule has 68 valence electrons. The molecule has 2 rings (SSSR count). The molecule has 0 bridgehead atoms. The molecule has 0 spiro atoms. The monoisotopic (exact) mass is 194 g/mol. The first-order valence-corrected chi connectivity index (χ1v) is 4.69. The van der Waals surface area contributed by atoms with Crippen molar-refractivity contribution in [1.29, 1.82) is 0 Å². The van der Waals surface area contributed by atoms with Crippen LogP contribution in [0.15, 0.2) is 24.5 Å². The van der Waals surface area contributed by atoms with Crippen molar-refractivity contribution >= 4 is 22.6 Å². The summed E-state index contributed by atoms with van der Waals surface area (Å²) in [7, 11) is 0. The highest BCUT2D eigenvalue weighted by molar-refractivity contribution is 6.34. The minimum atomic E-state index is 0.416. The highest BCUT2D eigenvalue weighted by Gasteiger charge is 2.07. The van der Waals surface area contributed by atoms with Crippen molar-refractivity contribution in [2.24, 2.45) is 0 Å². The molecule has 0 saturated carbocycles. The molecule has 0 aliphatic heterocycles. The molecular weight excluding hydrogens is 184 g/mol. The van der Waals surface area contributed by atoms with Gasteiger partial charge in [0.05, 0.1) is 16.1 Å². The molecule has 0 radical (unpaired) electrons. The van der Waals surface area contributed by atoms with E-state index in [0.717, 1.165) is 16.1 Å². The van der Waals surface area contributed by atoms with E-state index in [1.165, 1.54) is 0 Å². The summed E-state index contributed by atoms with van der Waals surface area (Å²) in [5.74, 6) is 0. The molecule has 0 saturated heterocycles. The minimum absolute atomic E-state index is 0.416. The van der Waals surface area contributed by atoms with Gasteiger partial charge < -0.3 is 4.57 Å². The standard InChI is InChI=1S/C10H11ClN2/c1-7(2)13-6-4-9-10(13)8(11)3-5-12-9/h3-7H,1-2H3. The number of fused-ring (bicyclic) bond motifs is 1. The Balaban J connectivity index is 2.79. The maximum Gasteiger partial charge on any atom is 0.0896 e. The highest BCUT2D eigenvalue weighted by Crippen LogP contribution is 2.24. The van der Waals surface area contributed by atoms with Gasteiger partial charge in [0.15, 0.2) is 0 Å². The van der Waals surface area contributed by atoms with E-state index in [2.05, 4.69) is 23.4 Å². The number of hydrogen-bond acceptors (Lipinski definition) is 1. The van der Waals surface area contributed by atoms with Crippen LogP contribution in [0.25, 0.3) is 11.0 Å². The quantitative estimate of drug-likeness (QED) is 0.682. The molecule has 0 unspecified atom stereocenters. The zero-order chi connectivity index (χ0) is 9.42. The van der Waals surface area contributed by atoms with Gasteiger partial charge in [0.25, 0.3) is 0 Å². The number of rotatable bonds is 1. The van der Waals surface area contributed by atoms with Crippen LogP contribution < -0.4 is 0 Å². The van der Waals surface area contributed by atoms with Gasteiger partial charge in [0.2, 0.25) is 0 Å². The molecule has 0 fully saturated rings. The van der Waals surface area contributed by atoms with Gasteiger partial charge in [-0.15, -0.1) is 0 Å². The predicted molar refractivity (Wildman–Crippen MR) is 55.1 cm³/mol. The lowest BCUT2D eigenvalue weighted by Gasteiger charge is -2.09. The van der Waals surface area contributed by atoms with E-state index in [9.17, 15) is 0 Å². The average Bonchev–Trinajstić information content (AvgIpc) is 2.49. The molecule has 0 amide bonds. The van der Waals surface area contributed by atoms with Gasteiger partial charge in [-0.25, -0.2) is 0 Å². The Morgan fingerprint density at radius 1 is 1.38 bits per heavy atom. The van der Waals surface area contributed by atoms with Gasteiger partial charge in [-0.05, 0) is 26.0 Å². The van der Waals surface area contributed by atoms with Crippen LogP contribution in [-0.2, 0) is 0 Å². The molecule has 0 aliphatic rings. The first-order chi connectivity index (χ1) is 6.20. The number of aromatic nitrogens is 2. The van der Waals surface area contributed by atoms with Crippen molar-refractivity contribution in [3.05, 3.63) is 29.5 Å². The lowest BCUT2D eigenvalue weighted by Crippen LogP contribution is -1.98. The molecule has 13 heavy (non-hydrogen) atoms. The maximum absolute atomic E-state index is 6.09. The van der Waals surface area contributed by atoms with Crippen molar-refractivity contribution in [2.75, 3.05) is 0 Å². The fraction of sp³-hybridized carbons (Fsp3) is 0.300. The van der Waals surface area contributed by atoms with Crippen LogP contribution in [0.1, 0.15) is 19.9 Å². The van der Waals surface area contributed by atoms with Gasteiger partial charge in [-0.1, -0.05) is 11.6 Å². The SMILES string of the molecule is CC(C)n1ccc2nccc(Cl)c21. The van der Waals surface area contributed by atoms with Gasteiger partial charge in [-0.2, -0.15) is 0 Å². The Bertz CT molecular complexity index is 431. The summed E-state index contributed by atoms with van der Waals surface area (Å²) in [5.41, 5.74) is 1.99. The van der Waals surface area contributed by atoms with E-state index in [4.69, 9.17) is 11.6 Å². The second-order valence-electron chi connectivity index (χ2n) is 3.34. The van der Waals surface area contributed by atoms with E-state index in [-0.39, 0.29) is 0 Å². The third-order valence-corrected chi connectivity index (χ3v) is 2.42. The summed E-state index contributed by atoms with van der Waals surface area (Å²) in [6.07, 6.45) is 3.75. The molecule has 0 aliphatic carbocycles. The molecule has 2 nitrogen and oxygen atoms in total. The highest BCUT2D eigenvalue weighted by atomic mass is 35.5. The molecular formula is C10H11ClN2. The number of pyridine rings is 1. The molecule has 3 heteroatoms. The number of halogens is 1. The Labute approximate surface area is 82.1 Å². The van der Waals surface area contributed by atoms with Gasteiger partial charge in [0, 0.05) is 18.4 Å². The largest absolute Gasteiger partial charge is 0.342 e. The van der Waals surface area contributed by atoms with E-state index in [1.54, 1.807) is 6.20 Å². The topological polar surface area (TPSA) is 17.8 Å². The van der Waals surface area contributed by atoms with Crippen molar-refractivity contribution < 1.29 is 0 Å². The zero-order valence-electron chi connectivity index (χ0n) is 7.66. The number of nitrogens with zero attached hydrogens (tertiary/aromatic N) is 2. The van der Waals surface area contributed by atoms with E-state index in [0.29, 0.717) is 6.04 Å². The van der Waals surface area contributed by atoms with Gasteiger partial charge in [0.1, 0.15) is 0 Å². The Kier molecular flexibility index (Phi) is 2.00. The lowest BCUT2D eigenvalue weighted by atomic mass is 10.3. The zero-order valence-corrected chi connectivity index (χ0v) is 8.42. The summed E-state index contributed by atoms with van der Waals surface area (Å²) >= 11 is 6.09. The van der Waals surface area contributed by atoms with Crippen LogP contribution in [0, 0.1) is 0 Å². The summed E-state index contributed by atoms with van der Waals surface area (Å²) in [6.45, 7) is 4.26. The average molecular weight is 195 g/mol. The normalized spacial score (nSPS) is 11.4. The smallest absolute Gasteiger partial charge is 0.0896 e. The van der Waals surface area contributed by atoms with Crippen molar-refractivity contribution in [3.8, 4) is 0 Å². The second kappa shape index (κ2) is 3.04. The van der Waals surface area contributed by atoms with Crippen LogP contribution in [0.2, 0.25) is 5.02 Å². The lowest BCUT2D eigenvalue weighted by molar-refractivity contribution is 0.623. The number of hydrogen-bond donors (Lipinski definition) is 0. The van der Waals surface area contributed by atoms with E-state index >= 15 is 0 Å². The van der Waals surface area contributed by atoms with Crippen LogP contribution in [0.5, 0.6) is 0 Å². The molecule has 0 atom stereocenters. The van der Waals surface area contributed by atoms with Gasteiger partial charge in [-0.3, -0.25) is 4.98 Å². The molecule has 2 heterocycles. The van der Waals surface area contributed by atoms with Crippen LogP contribution in [0.3, 0.4) is 0 Å². The predicted octanol–water partition coefficient (Wildman–Crippen LogP) is 3.27. The van der Waals surface area contributed by atoms with Crippen LogP contribution in [-0.4, -0.2) is 9.55 Å². The third-order valence-electron chi connectivity index (χ3n) is 2.11. The summed E-state index contributed by atoms with van der Waals surface area (Å²) < 4.78 is 2.13. The van der Waals surface area contributed by atoms with Crippen molar-refractivity contribution in [3.63, 3.8) is 0 Å². The second-order valence-corrected chi connectivity index (χ2v) is 3.75.